The molecule has 1 saturated heterocycles. The molecule has 1 aliphatic rings. The van der Waals surface area contributed by atoms with Crippen LogP contribution >= 0.6 is 23.4 Å². The molecule has 2 heterocycles. The minimum Gasteiger partial charge on any atom is -0.411 e. The van der Waals surface area contributed by atoms with E-state index < -0.39 is 0 Å². The predicted molar refractivity (Wildman–Crippen MR) is 118 cm³/mol. The zero-order valence-corrected chi connectivity index (χ0v) is 18.0. The number of carbonyl (C=O) groups is 1. The summed E-state index contributed by atoms with van der Waals surface area (Å²) in [5, 5.41) is 12.1. The van der Waals surface area contributed by atoms with Crippen LogP contribution in [0.1, 0.15) is 24.4 Å². The van der Waals surface area contributed by atoms with Gasteiger partial charge >= 0.3 is 0 Å². The second kappa shape index (κ2) is 10.1. The molecule has 0 spiro atoms. The monoisotopic (exact) mass is 442 g/mol. The number of benzene rings is 2. The van der Waals surface area contributed by atoms with Gasteiger partial charge in [0.05, 0.1) is 11.8 Å². The fourth-order valence-electron chi connectivity index (χ4n) is 3.55. The van der Waals surface area contributed by atoms with Crippen LogP contribution in [0.25, 0.3) is 11.5 Å². The van der Waals surface area contributed by atoms with Gasteiger partial charge in [-0.1, -0.05) is 53.7 Å². The topological polar surface area (TPSA) is 71.3 Å². The average Bonchev–Trinajstić information content (AvgIpc) is 3.46. The number of rotatable bonds is 8. The quantitative estimate of drug-likeness (QED) is 0.520. The Morgan fingerprint density at radius 2 is 1.83 bits per heavy atom. The summed E-state index contributed by atoms with van der Waals surface area (Å²) in [6, 6.07) is 17.7. The lowest BCUT2D eigenvalue weighted by molar-refractivity contribution is -0.118. The van der Waals surface area contributed by atoms with Crippen molar-refractivity contribution in [3.63, 3.8) is 0 Å². The van der Waals surface area contributed by atoms with E-state index in [1.54, 1.807) is 12.1 Å². The Bertz CT molecular complexity index is 959. The molecule has 1 aliphatic heterocycles. The highest BCUT2D eigenvalue weighted by atomic mass is 35.5. The summed E-state index contributed by atoms with van der Waals surface area (Å²) in [5.74, 6) is 0.586. The fraction of sp³-hybridized carbons (Fsp3) is 0.318. The molecule has 2 aromatic carbocycles. The number of thioether (sulfide) groups is 1. The smallest absolute Gasteiger partial charge is 0.277 e. The van der Waals surface area contributed by atoms with Gasteiger partial charge < -0.3 is 9.73 Å². The average molecular weight is 443 g/mol. The third-order valence-corrected chi connectivity index (χ3v) is 6.15. The van der Waals surface area contributed by atoms with Crippen molar-refractivity contribution < 1.29 is 9.21 Å². The van der Waals surface area contributed by atoms with Gasteiger partial charge in [0, 0.05) is 17.1 Å². The molecule has 4 rings (SSSR count). The highest BCUT2D eigenvalue weighted by Crippen LogP contribution is 2.26. The summed E-state index contributed by atoms with van der Waals surface area (Å²) < 4.78 is 5.65. The maximum atomic E-state index is 12.4. The van der Waals surface area contributed by atoms with E-state index in [2.05, 4.69) is 32.5 Å². The largest absolute Gasteiger partial charge is 0.411 e. The van der Waals surface area contributed by atoms with Crippen LogP contribution in [-0.2, 0) is 4.79 Å². The van der Waals surface area contributed by atoms with Crippen LogP contribution in [0.2, 0.25) is 5.02 Å². The number of nitrogens with zero attached hydrogens (tertiary/aromatic N) is 3. The van der Waals surface area contributed by atoms with E-state index in [4.69, 9.17) is 16.0 Å². The first kappa shape index (κ1) is 20.9. The number of amides is 1. The second-order valence-corrected chi connectivity index (χ2v) is 8.51. The Labute approximate surface area is 185 Å². The van der Waals surface area contributed by atoms with Crippen LogP contribution in [0.15, 0.2) is 64.2 Å². The molecule has 0 radical (unpaired) electrons. The van der Waals surface area contributed by atoms with Crippen LogP contribution in [0.4, 0.5) is 0 Å². The van der Waals surface area contributed by atoms with Crippen LogP contribution in [0, 0.1) is 0 Å². The first-order valence-electron chi connectivity index (χ1n) is 9.97. The SMILES string of the molecule is O=C(CSc1nnc(-c2ccc(Cl)cc2)o1)NCC(c1ccccc1)N1CCCC1. The normalized spacial score (nSPS) is 15.2. The van der Waals surface area contributed by atoms with E-state index in [1.165, 1.54) is 30.2 Å². The summed E-state index contributed by atoms with van der Waals surface area (Å²) in [5.41, 5.74) is 2.02. The molecular weight excluding hydrogens is 420 g/mol. The first-order valence-corrected chi connectivity index (χ1v) is 11.3. The highest BCUT2D eigenvalue weighted by molar-refractivity contribution is 7.99. The van der Waals surface area contributed by atoms with Crippen molar-refractivity contribution in [3.8, 4) is 11.5 Å². The van der Waals surface area contributed by atoms with Crippen molar-refractivity contribution in [2.75, 3.05) is 25.4 Å². The van der Waals surface area contributed by atoms with Crippen molar-refractivity contribution >= 4 is 29.3 Å². The van der Waals surface area contributed by atoms with Crippen molar-refractivity contribution in [2.24, 2.45) is 0 Å². The van der Waals surface area contributed by atoms with Crippen LogP contribution in [-0.4, -0.2) is 46.4 Å². The fourth-order valence-corrected chi connectivity index (χ4v) is 4.27. The molecule has 0 saturated carbocycles. The lowest BCUT2D eigenvalue weighted by Crippen LogP contribution is -2.37. The van der Waals surface area contributed by atoms with Crippen molar-refractivity contribution in [2.45, 2.75) is 24.1 Å². The third-order valence-electron chi connectivity index (χ3n) is 5.08. The lowest BCUT2D eigenvalue weighted by atomic mass is 10.1. The zero-order chi connectivity index (χ0) is 20.8. The number of hydrogen-bond donors (Lipinski definition) is 1. The van der Waals surface area contributed by atoms with E-state index in [0.29, 0.717) is 22.7 Å². The standard InChI is InChI=1S/C22H23ClN4O2S/c23-18-10-8-17(9-11-18)21-25-26-22(29-21)30-15-20(28)24-14-19(27-12-4-5-13-27)16-6-2-1-3-7-16/h1-3,6-11,19H,4-5,12-15H2,(H,24,28). The van der Waals surface area contributed by atoms with Gasteiger partial charge in [-0.15, -0.1) is 10.2 Å². The maximum absolute atomic E-state index is 12.4. The molecule has 0 bridgehead atoms. The van der Waals surface area contributed by atoms with Gasteiger partial charge in [0.1, 0.15) is 0 Å². The van der Waals surface area contributed by atoms with E-state index in [0.717, 1.165) is 18.7 Å². The summed E-state index contributed by atoms with van der Waals surface area (Å²) >= 11 is 7.14. The van der Waals surface area contributed by atoms with Gasteiger partial charge in [-0.2, -0.15) is 0 Å². The molecule has 156 valence electrons. The van der Waals surface area contributed by atoms with Crippen molar-refractivity contribution in [1.82, 2.24) is 20.4 Å². The minimum absolute atomic E-state index is 0.0497. The first-order chi connectivity index (χ1) is 14.7. The van der Waals surface area contributed by atoms with Crippen LogP contribution in [0.3, 0.4) is 0 Å². The molecule has 30 heavy (non-hydrogen) atoms. The highest BCUT2D eigenvalue weighted by Gasteiger charge is 2.24. The number of hydrogen-bond acceptors (Lipinski definition) is 6. The third kappa shape index (κ3) is 5.41. The molecule has 1 atom stereocenters. The van der Waals surface area contributed by atoms with Gasteiger partial charge in [0.25, 0.3) is 5.22 Å². The number of likely N-dealkylation sites (tertiary alicyclic amines) is 1. The summed E-state index contributed by atoms with van der Waals surface area (Å²) in [6.07, 6.45) is 2.42. The summed E-state index contributed by atoms with van der Waals surface area (Å²) in [6.45, 7) is 2.72. The molecule has 1 unspecified atom stereocenters. The van der Waals surface area contributed by atoms with E-state index >= 15 is 0 Å². The lowest BCUT2D eigenvalue weighted by Gasteiger charge is -2.28. The van der Waals surface area contributed by atoms with Crippen molar-refractivity contribution in [3.05, 3.63) is 65.2 Å². The Kier molecular flexibility index (Phi) is 7.04. The predicted octanol–water partition coefficient (Wildman–Crippen LogP) is 4.44. The molecule has 3 aromatic rings. The van der Waals surface area contributed by atoms with Gasteiger partial charge in [-0.3, -0.25) is 9.69 Å². The Morgan fingerprint density at radius 3 is 2.57 bits per heavy atom. The number of halogens is 1. The number of carbonyl (C=O) groups excluding carboxylic acids is 1. The maximum Gasteiger partial charge on any atom is 0.277 e. The number of aromatic nitrogens is 2. The van der Waals surface area contributed by atoms with Crippen LogP contribution < -0.4 is 5.32 Å². The molecule has 0 aliphatic carbocycles. The van der Waals surface area contributed by atoms with E-state index in [9.17, 15) is 4.79 Å². The summed E-state index contributed by atoms with van der Waals surface area (Å²) in [4.78, 5) is 14.9. The van der Waals surface area contributed by atoms with Crippen LogP contribution in [0.5, 0.6) is 0 Å². The Morgan fingerprint density at radius 1 is 1.10 bits per heavy atom. The van der Waals surface area contributed by atoms with E-state index in [-0.39, 0.29) is 17.7 Å². The number of nitrogens with one attached hydrogen (secondary N) is 1. The van der Waals surface area contributed by atoms with Crippen molar-refractivity contribution in [1.29, 1.82) is 0 Å². The van der Waals surface area contributed by atoms with Gasteiger partial charge in [0.15, 0.2) is 0 Å². The van der Waals surface area contributed by atoms with Gasteiger partial charge in [-0.05, 0) is 55.8 Å². The molecule has 8 heteroatoms. The Balaban J connectivity index is 1.30. The molecule has 1 aromatic heterocycles. The summed E-state index contributed by atoms with van der Waals surface area (Å²) in [7, 11) is 0. The zero-order valence-electron chi connectivity index (χ0n) is 16.5. The molecule has 6 nitrogen and oxygen atoms in total. The molecule has 1 N–H and O–H groups in total. The molecular formula is C22H23ClN4O2S. The second-order valence-electron chi connectivity index (χ2n) is 7.14. The Hall–Kier alpha value is -2.35. The van der Waals surface area contributed by atoms with E-state index in [1.807, 2.05) is 30.3 Å². The van der Waals surface area contributed by atoms with Gasteiger partial charge in [0.2, 0.25) is 11.8 Å². The minimum atomic E-state index is -0.0497. The van der Waals surface area contributed by atoms with Gasteiger partial charge in [-0.25, -0.2) is 0 Å². The molecule has 1 fully saturated rings. The molecule has 1 amide bonds.